The number of fused-ring (bicyclic) bond motifs is 2. The van der Waals surface area contributed by atoms with Gasteiger partial charge in [0.15, 0.2) is 5.13 Å². The Bertz CT molecular complexity index is 864. The fourth-order valence-corrected chi connectivity index (χ4v) is 3.91. The van der Waals surface area contributed by atoms with Gasteiger partial charge in [0.1, 0.15) is 11.7 Å². The molecule has 4 rings (SSSR count). The Morgan fingerprint density at radius 1 is 1.16 bits per heavy atom. The van der Waals surface area contributed by atoms with Crippen molar-refractivity contribution in [3.05, 3.63) is 47.6 Å². The molecule has 0 spiro atoms. The van der Waals surface area contributed by atoms with Crippen LogP contribution in [0, 0.1) is 17.7 Å². The zero-order chi connectivity index (χ0) is 17.6. The van der Waals surface area contributed by atoms with Crippen LogP contribution in [0.1, 0.15) is 0 Å². The van der Waals surface area contributed by atoms with E-state index in [4.69, 9.17) is 4.74 Å². The summed E-state index contributed by atoms with van der Waals surface area (Å²) in [5.74, 6) is -3.50. The summed E-state index contributed by atoms with van der Waals surface area (Å²) >= 11 is 1.22. The van der Waals surface area contributed by atoms with Crippen LogP contribution in [0.5, 0.6) is 0 Å². The van der Waals surface area contributed by atoms with Crippen molar-refractivity contribution in [2.75, 3.05) is 5.32 Å². The normalized spacial score (nSPS) is 26.8. The fraction of sp³-hybridized carbons (Fsp3) is 0.235. The second kappa shape index (κ2) is 6.05. The third kappa shape index (κ3) is 2.83. The van der Waals surface area contributed by atoms with Gasteiger partial charge in [-0.1, -0.05) is 12.2 Å². The largest absolute Gasteiger partial charge is 0.481 e. The van der Waals surface area contributed by atoms with E-state index in [1.807, 2.05) is 0 Å². The van der Waals surface area contributed by atoms with Crippen LogP contribution in [0.2, 0.25) is 0 Å². The summed E-state index contributed by atoms with van der Waals surface area (Å²) < 4.78 is 18.5. The minimum absolute atomic E-state index is 0.337. The molecular weight excluding hydrogens is 347 g/mol. The predicted molar refractivity (Wildman–Crippen MR) is 88.6 cm³/mol. The number of hydrogen-bond acceptors (Lipinski definition) is 5. The molecule has 1 aromatic heterocycles. The molecule has 2 aliphatic heterocycles. The number of ether oxygens (including phenoxy) is 1. The lowest BCUT2D eigenvalue weighted by Crippen LogP contribution is -2.39. The number of hydrogen-bond donors (Lipinski definition) is 2. The molecule has 3 heterocycles. The zero-order valence-electron chi connectivity index (χ0n) is 12.8. The maximum absolute atomic E-state index is 13.0. The van der Waals surface area contributed by atoms with E-state index in [1.54, 1.807) is 29.7 Å². The number of aliphatic carboxylic acids is 1. The first-order valence-electron chi connectivity index (χ1n) is 7.62. The first-order chi connectivity index (χ1) is 12.0. The number of carboxylic acid groups (broad SMARTS) is 1. The quantitative estimate of drug-likeness (QED) is 0.818. The minimum Gasteiger partial charge on any atom is -0.481 e. The van der Waals surface area contributed by atoms with Crippen LogP contribution in [0.3, 0.4) is 0 Å². The van der Waals surface area contributed by atoms with Gasteiger partial charge >= 0.3 is 5.97 Å². The fourth-order valence-electron chi connectivity index (χ4n) is 3.19. The molecule has 1 aromatic carbocycles. The third-order valence-electron chi connectivity index (χ3n) is 4.36. The molecule has 1 fully saturated rings. The van der Waals surface area contributed by atoms with E-state index in [-0.39, 0.29) is 5.82 Å². The van der Waals surface area contributed by atoms with Gasteiger partial charge in [0.25, 0.3) is 0 Å². The highest BCUT2D eigenvalue weighted by molar-refractivity contribution is 7.14. The SMILES string of the molecule is O=C(Nc1nc(-c2ccc(F)cc2)cs1)[C@@H]1[C@@H](C(=O)O)[C@H]2C=C[C@@H]1O2. The topological polar surface area (TPSA) is 88.5 Å². The summed E-state index contributed by atoms with van der Waals surface area (Å²) in [7, 11) is 0. The standard InChI is InChI=1S/C17H13FN2O4S/c18-9-3-1-8(2-4-9)10-7-25-17(19-10)20-15(21)13-11-5-6-12(24-11)14(13)16(22)23/h1-7,11-14H,(H,22,23)(H,19,20,21)/t11-,12+,13-,14-/m0/s1. The van der Waals surface area contributed by atoms with E-state index in [2.05, 4.69) is 10.3 Å². The number of nitrogens with one attached hydrogen (secondary N) is 1. The van der Waals surface area contributed by atoms with Gasteiger partial charge in [-0.05, 0) is 24.3 Å². The summed E-state index contributed by atoms with van der Waals surface area (Å²) in [5, 5.41) is 14.1. The summed E-state index contributed by atoms with van der Waals surface area (Å²) in [6, 6.07) is 5.88. The van der Waals surface area contributed by atoms with Crippen molar-refractivity contribution in [3.63, 3.8) is 0 Å². The van der Waals surface area contributed by atoms with Crippen LogP contribution in [0.15, 0.2) is 41.8 Å². The molecule has 25 heavy (non-hydrogen) atoms. The Morgan fingerprint density at radius 3 is 2.52 bits per heavy atom. The Labute approximate surface area is 146 Å². The summed E-state index contributed by atoms with van der Waals surface area (Å²) in [6.45, 7) is 0. The highest BCUT2D eigenvalue weighted by atomic mass is 32.1. The summed E-state index contributed by atoms with van der Waals surface area (Å²) in [5.41, 5.74) is 1.34. The van der Waals surface area contributed by atoms with Gasteiger partial charge in [-0.2, -0.15) is 0 Å². The number of carboxylic acids is 1. The molecule has 2 N–H and O–H groups in total. The van der Waals surface area contributed by atoms with Gasteiger partial charge in [-0.3, -0.25) is 9.59 Å². The number of amides is 1. The number of anilines is 1. The second-order valence-corrected chi connectivity index (χ2v) is 6.73. The van der Waals surface area contributed by atoms with Crippen molar-refractivity contribution in [3.8, 4) is 11.3 Å². The number of halogens is 1. The van der Waals surface area contributed by atoms with E-state index in [0.717, 1.165) is 5.56 Å². The van der Waals surface area contributed by atoms with E-state index < -0.39 is 35.9 Å². The molecule has 8 heteroatoms. The Morgan fingerprint density at radius 2 is 1.84 bits per heavy atom. The molecule has 0 aliphatic carbocycles. The van der Waals surface area contributed by atoms with Crippen LogP contribution >= 0.6 is 11.3 Å². The zero-order valence-corrected chi connectivity index (χ0v) is 13.6. The maximum atomic E-state index is 13.0. The number of carbonyl (C=O) groups excluding carboxylic acids is 1. The van der Waals surface area contributed by atoms with Crippen molar-refractivity contribution in [2.45, 2.75) is 12.2 Å². The number of rotatable bonds is 4. The summed E-state index contributed by atoms with van der Waals surface area (Å²) in [4.78, 5) is 28.3. The molecule has 0 saturated carbocycles. The average molecular weight is 360 g/mol. The first-order valence-corrected chi connectivity index (χ1v) is 8.50. The van der Waals surface area contributed by atoms with Crippen molar-refractivity contribution < 1.29 is 23.8 Å². The number of thiazole rings is 1. The Hall–Kier alpha value is -2.58. The van der Waals surface area contributed by atoms with Crippen LogP contribution in [0.25, 0.3) is 11.3 Å². The highest BCUT2D eigenvalue weighted by Gasteiger charge is 2.53. The lowest BCUT2D eigenvalue weighted by molar-refractivity contribution is -0.145. The number of aromatic nitrogens is 1. The highest BCUT2D eigenvalue weighted by Crippen LogP contribution is 2.40. The van der Waals surface area contributed by atoms with Gasteiger partial charge in [0.05, 0.1) is 23.8 Å². The average Bonchev–Trinajstić information content (AvgIpc) is 3.30. The van der Waals surface area contributed by atoms with E-state index in [9.17, 15) is 19.1 Å². The number of nitrogens with zero attached hydrogens (tertiary/aromatic N) is 1. The summed E-state index contributed by atoms with van der Waals surface area (Å²) in [6.07, 6.45) is 2.32. The van der Waals surface area contributed by atoms with Crippen molar-refractivity contribution >= 4 is 28.3 Å². The molecule has 6 nitrogen and oxygen atoms in total. The molecule has 2 aromatic rings. The molecule has 2 bridgehead atoms. The van der Waals surface area contributed by atoms with Gasteiger partial charge in [0.2, 0.25) is 5.91 Å². The Kier molecular flexibility index (Phi) is 3.85. The third-order valence-corrected chi connectivity index (χ3v) is 5.12. The minimum atomic E-state index is -1.05. The second-order valence-electron chi connectivity index (χ2n) is 5.87. The van der Waals surface area contributed by atoms with E-state index in [1.165, 1.54) is 23.5 Å². The lowest BCUT2D eigenvalue weighted by Gasteiger charge is -2.20. The molecule has 2 aliphatic rings. The van der Waals surface area contributed by atoms with Crippen LogP contribution in [0.4, 0.5) is 9.52 Å². The lowest BCUT2D eigenvalue weighted by atomic mass is 9.82. The first kappa shape index (κ1) is 15.9. The molecule has 128 valence electrons. The van der Waals surface area contributed by atoms with E-state index in [0.29, 0.717) is 10.8 Å². The molecule has 1 saturated heterocycles. The Balaban J connectivity index is 1.51. The smallest absolute Gasteiger partial charge is 0.310 e. The molecule has 0 radical (unpaired) electrons. The van der Waals surface area contributed by atoms with Crippen molar-refractivity contribution in [1.82, 2.24) is 4.98 Å². The van der Waals surface area contributed by atoms with Gasteiger partial charge in [0, 0.05) is 10.9 Å². The van der Waals surface area contributed by atoms with Crippen molar-refractivity contribution in [2.24, 2.45) is 11.8 Å². The molecule has 1 amide bonds. The van der Waals surface area contributed by atoms with Gasteiger partial charge < -0.3 is 15.2 Å². The predicted octanol–water partition coefficient (Wildman–Crippen LogP) is 2.54. The number of carbonyl (C=O) groups is 2. The number of benzene rings is 1. The molecule has 4 atom stereocenters. The van der Waals surface area contributed by atoms with Gasteiger partial charge in [-0.25, -0.2) is 9.37 Å². The van der Waals surface area contributed by atoms with Crippen molar-refractivity contribution in [1.29, 1.82) is 0 Å². The van der Waals surface area contributed by atoms with E-state index >= 15 is 0 Å². The van der Waals surface area contributed by atoms with Crippen LogP contribution in [-0.2, 0) is 14.3 Å². The van der Waals surface area contributed by atoms with Crippen LogP contribution < -0.4 is 5.32 Å². The maximum Gasteiger partial charge on any atom is 0.310 e. The van der Waals surface area contributed by atoms with Crippen LogP contribution in [-0.4, -0.2) is 34.2 Å². The molecule has 0 unspecified atom stereocenters. The monoisotopic (exact) mass is 360 g/mol. The molecular formula is C17H13FN2O4S. The van der Waals surface area contributed by atoms with Gasteiger partial charge in [-0.15, -0.1) is 11.3 Å².